The third kappa shape index (κ3) is 5.47. The van der Waals surface area contributed by atoms with Gasteiger partial charge >= 0.3 is 0 Å². The van der Waals surface area contributed by atoms with E-state index in [0.29, 0.717) is 19.1 Å². The quantitative estimate of drug-likeness (QED) is 0.623. The SMILES string of the molecule is COCCOCC1CCN(CC(C)N)C1. The van der Waals surface area contributed by atoms with Crippen LogP contribution in [0.1, 0.15) is 13.3 Å². The summed E-state index contributed by atoms with van der Waals surface area (Å²) in [7, 11) is 1.70. The van der Waals surface area contributed by atoms with Gasteiger partial charge in [-0.3, -0.25) is 0 Å². The van der Waals surface area contributed by atoms with E-state index in [4.69, 9.17) is 15.2 Å². The zero-order valence-corrected chi connectivity index (χ0v) is 9.95. The van der Waals surface area contributed by atoms with E-state index in [1.165, 1.54) is 13.0 Å². The van der Waals surface area contributed by atoms with E-state index in [-0.39, 0.29) is 6.04 Å². The molecule has 1 aliphatic rings. The summed E-state index contributed by atoms with van der Waals surface area (Å²) in [6.45, 7) is 7.63. The lowest BCUT2D eigenvalue weighted by molar-refractivity contribution is 0.0526. The Morgan fingerprint density at radius 2 is 2.27 bits per heavy atom. The van der Waals surface area contributed by atoms with Gasteiger partial charge in [-0.05, 0) is 25.8 Å². The van der Waals surface area contributed by atoms with E-state index in [2.05, 4.69) is 11.8 Å². The molecule has 4 nitrogen and oxygen atoms in total. The molecule has 1 heterocycles. The lowest BCUT2D eigenvalue weighted by Gasteiger charge is -2.18. The summed E-state index contributed by atoms with van der Waals surface area (Å²) in [4.78, 5) is 2.43. The number of methoxy groups -OCH3 is 1. The first-order valence-electron chi connectivity index (χ1n) is 5.77. The van der Waals surface area contributed by atoms with Crippen LogP contribution in [0.25, 0.3) is 0 Å². The van der Waals surface area contributed by atoms with Gasteiger partial charge in [-0.1, -0.05) is 0 Å². The van der Waals surface area contributed by atoms with Crippen molar-refractivity contribution in [2.24, 2.45) is 11.7 Å². The van der Waals surface area contributed by atoms with Crippen molar-refractivity contribution < 1.29 is 9.47 Å². The lowest BCUT2D eigenvalue weighted by atomic mass is 10.1. The van der Waals surface area contributed by atoms with E-state index in [0.717, 1.165) is 19.7 Å². The summed E-state index contributed by atoms with van der Waals surface area (Å²) in [5, 5.41) is 0. The van der Waals surface area contributed by atoms with Gasteiger partial charge in [0.25, 0.3) is 0 Å². The van der Waals surface area contributed by atoms with Gasteiger partial charge in [-0.15, -0.1) is 0 Å². The van der Waals surface area contributed by atoms with Crippen molar-refractivity contribution >= 4 is 0 Å². The average molecular weight is 216 g/mol. The zero-order valence-electron chi connectivity index (χ0n) is 9.95. The Hall–Kier alpha value is -0.160. The van der Waals surface area contributed by atoms with Crippen LogP contribution >= 0.6 is 0 Å². The molecule has 1 rings (SSSR count). The molecule has 90 valence electrons. The van der Waals surface area contributed by atoms with E-state index in [1.807, 2.05) is 0 Å². The minimum atomic E-state index is 0.276. The molecule has 0 radical (unpaired) electrons. The van der Waals surface area contributed by atoms with Crippen LogP contribution in [0.5, 0.6) is 0 Å². The second-order valence-electron chi connectivity index (χ2n) is 4.46. The highest BCUT2D eigenvalue weighted by Gasteiger charge is 2.22. The van der Waals surface area contributed by atoms with Gasteiger partial charge in [-0.2, -0.15) is 0 Å². The van der Waals surface area contributed by atoms with E-state index in [9.17, 15) is 0 Å². The number of ether oxygens (including phenoxy) is 2. The molecule has 0 spiro atoms. The van der Waals surface area contributed by atoms with Crippen LogP contribution in [0, 0.1) is 5.92 Å². The highest BCUT2D eigenvalue weighted by Crippen LogP contribution is 2.16. The Kier molecular flexibility index (Phi) is 6.17. The van der Waals surface area contributed by atoms with Crippen molar-refractivity contribution in [3.05, 3.63) is 0 Å². The molecule has 4 heteroatoms. The number of likely N-dealkylation sites (tertiary alicyclic amines) is 1. The highest BCUT2D eigenvalue weighted by molar-refractivity contribution is 4.77. The van der Waals surface area contributed by atoms with E-state index >= 15 is 0 Å². The molecule has 0 saturated carbocycles. The third-order valence-electron chi connectivity index (χ3n) is 2.70. The number of nitrogens with two attached hydrogens (primary N) is 1. The van der Waals surface area contributed by atoms with E-state index in [1.54, 1.807) is 7.11 Å². The summed E-state index contributed by atoms with van der Waals surface area (Å²) in [5.41, 5.74) is 5.77. The van der Waals surface area contributed by atoms with Crippen molar-refractivity contribution in [3.63, 3.8) is 0 Å². The second kappa shape index (κ2) is 7.17. The molecule has 0 aromatic heterocycles. The largest absolute Gasteiger partial charge is 0.382 e. The van der Waals surface area contributed by atoms with Gasteiger partial charge in [0.05, 0.1) is 19.8 Å². The van der Waals surface area contributed by atoms with Gasteiger partial charge in [0.15, 0.2) is 0 Å². The van der Waals surface area contributed by atoms with Crippen molar-refractivity contribution in [2.45, 2.75) is 19.4 Å². The fraction of sp³-hybridized carbons (Fsp3) is 1.00. The molecule has 0 aromatic carbocycles. The fourth-order valence-corrected chi connectivity index (χ4v) is 2.01. The number of nitrogens with zero attached hydrogens (tertiary/aromatic N) is 1. The Morgan fingerprint density at radius 1 is 1.47 bits per heavy atom. The Bertz CT molecular complexity index is 165. The summed E-state index contributed by atoms with van der Waals surface area (Å²) in [5.74, 6) is 0.681. The average Bonchev–Trinajstić information content (AvgIpc) is 2.59. The molecule has 0 bridgehead atoms. The van der Waals surface area contributed by atoms with Crippen LogP contribution in [0.4, 0.5) is 0 Å². The minimum Gasteiger partial charge on any atom is -0.382 e. The predicted octanol–water partition coefficient (Wildman–Crippen LogP) is 0.319. The molecular weight excluding hydrogens is 192 g/mol. The van der Waals surface area contributed by atoms with Gasteiger partial charge < -0.3 is 20.1 Å². The van der Waals surface area contributed by atoms with Crippen molar-refractivity contribution in [1.82, 2.24) is 4.90 Å². The molecule has 0 amide bonds. The predicted molar refractivity (Wildman–Crippen MR) is 60.9 cm³/mol. The lowest BCUT2D eigenvalue weighted by Crippen LogP contribution is -2.34. The summed E-state index contributed by atoms with van der Waals surface area (Å²) >= 11 is 0. The summed E-state index contributed by atoms with van der Waals surface area (Å²) in [6, 6.07) is 0.276. The van der Waals surface area contributed by atoms with Crippen molar-refractivity contribution in [1.29, 1.82) is 0 Å². The number of hydrogen-bond donors (Lipinski definition) is 1. The van der Waals surface area contributed by atoms with Crippen LogP contribution < -0.4 is 5.73 Å². The second-order valence-corrected chi connectivity index (χ2v) is 4.46. The molecule has 2 atom stereocenters. The smallest absolute Gasteiger partial charge is 0.0700 e. The molecule has 0 aliphatic carbocycles. The Morgan fingerprint density at radius 3 is 2.93 bits per heavy atom. The standard InChI is InChI=1S/C11H24N2O2/c1-10(12)7-13-4-3-11(8-13)9-15-6-5-14-2/h10-11H,3-9,12H2,1-2H3. The van der Waals surface area contributed by atoms with Gasteiger partial charge in [0.1, 0.15) is 0 Å². The maximum absolute atomic E-state index is 5.77. The molecule has 15 heavy (non-hydrogen) atoms. The van der Waals surface area contributed by atoms with Crippen LogP contribution in [-0.2, 0) is 9.47 Å². The molecule has 1 aliphatic heterocycles. The third-order valence-corrected chi connectivity index (χ3v) is 2.70. The maximum Gasteiger partial charge on any atom is 0.0700 e. The maximum atomic E-state index is 5.77. The van der Waals surface area contributed by atoms with Crippen LogP contribution in [0.2, 0.25) is 0 Å². The van der Waals surface area contributed by atoms with Crippen LogP contribution in [0.15, 0.2) is 0 Å². The molecule has 2 unspecified atom stereocenters. The van der Waals surface area contributed by atoms with Gasteiger partial charge in [-0.25, -0.2) is 0 Å². The highest BCUT2D eigenvalue weighted by atomic mass is 16.5. The normalized spacial score (nSPS) is 24.6. The number of hydrogen-bond acceptors (Lipinski definition) is 4. The van der Waals surface area contributed by atoms with Crippen LogP contribution in [-0.4, -0.2) is 57.5 Å². The molecule has 0 aromatic rings. The number of rotatable bonds is 7. The van der Waals surface area contributed by atoms with E-state index < -0.39 is 0 Å². The monoisotopic (exact) mass is 216 g/mol. The first-order valence-corrected chi connectivity index (χ1v) is 5.77. The molecule has 2 N–H and O–H groups in total. The Balaban J connectivity index is 2.03. The van der Waals surface area contributed by atoms with Gasteiger partial charge in [0, 0.05) is 26.2 Å². The zero-order chi connectivity index (χ0) is 11.1. The van der Waals surface area contributed by atoms with Crippen LogP contribution in [0.3, 0.4) is 0 Å². The molecular formula is C11H24N2O2. The first-order chi connectivity index (χ1) is 7.22. The minimum absolute atomic E-state index is 0.276. The molecule has 1 saturated heterocycles. The summed E-state index contributed by atoms with van der Waals surface area (Å²) < 4.78 is 10.5. The van der Waals surface area contributed by atoms with Crippen molar-refractivity contribution in [2.75, 3.05) is 46.6 Å². The van der Waals surface area contributed by atoms with Crippen molar-refractivity contribution in [3.8, 4) is 0 Å². The fourth-order valence-electron chi connectivity index (χ4n) is 2.01. The first kappa shape index (κ1) is 12.9. The van der Waals surface area contributed by atoms with Gasteiger partial charge in [0.2, 0.25) is 0 Å². The summed E-state index contributed by atoms with van der Waals surface area (Å²) in [6.07, 6.45) is 1.24. The molecule has 1 fully saturated rings. The Labute approximate surface area is 92.7 Å². The topological polar surface area (TPSA) is 47.7 Å².